The molecule has 20 heavy (non-hydrogen) atoms. The van der Waals surface area contributed by atoms with Crippen LogP contribution in [-0.4, -0.2) is 42.2 Å². The summed E-state index contributed by atoms with van der Waals surface area (Å²) in [5.41, 5.74) is 0.614. The van der Waals surface area contributed by atoms with Crippen molar-refractivity contribution in [2.45, 2.75) is 27.4 Å². The summed E-state index contributed by atoms with van der Waals surface area (Å²) in [5.74, 6) is 0.911. The van der Waals surface area contributed by atoms with Crippen LogP contribution in [0.15, 0.2) is 18.2 Å². The first-order valence-electron chi connectivity index (χ1n) is 6.93. The van der Waals surface area contributed by atoms with E-state index in [0.717, 1.165) is 0 Å². The van der Waals surface area contributed by atoms with Crippen molar-refractivity contribution >= 4 is 5.91 Å². The summed E-state index contributed by atoms with van der Waals surface area (Å²) in [6, 6.07) is 5.30. The summed E-state index contributed by atoms with van der Waals surface area (Å²) >= 11 is 0. The highest BCUT2D eigenvalue weighted by Crippen LogP contribution is 2.31. The number of amides is 1. The van der Waals surface area contributed by atoms with Gasteiger partial charge in [0.05, 0.1) is 13.2 Å². The fraction of sp³-hybridized carbons (Fsp3) is 0.533. The Kier molecular flexibility index (Phi) is 6.87. The van der Waals surface area contributed by atoms with E-state index >= 15 is 0 Å². The van der Waals surface area contributed by atoms with E-state index in [1.54, 1.807) is 23.1 Å². The minimum Gasteiger partial charge on any atom is -0.490 e. The number of likely N-dealkylation sites (N-methyl/N-ethyl adjacent to an activating group) is 1. The molecule has 0 spiro atoms. The second kappa shape index (κ2) is 8.43. The molecule has 0 unspecified atom stereocenters. The van der Waals surface area contributed by atoms with Crippen molar-refractivity contribution in [3.05, 3.63) is 23.8 Å². The fourth-order valence-electron chi connectivity index (χ4n) is 1.92. The van der Waals surface area contributed by atoms with E-state index in [0.29, 0.717) is 36.8 Å². The standard InChI is InChI=1S/C15H23NO4/c1-4-16(5-2)14(18)11-20-15-12(10-17)8-7-9-13(15)19-6-3/h7-9,17H,4-6,10-11H2,1-3H3. The molecule has 0 bridgehead atoms. The normalized spacial score (nSPS) is 10.2. The zero-order valence-electron chi connectivity index (χ0n) is 12.4. The van der Waals surface area contributed by atoms with Gasteiger partial charge in [0.1, 0.15) is 0 Å². The average molecular weight is 281 g/mol. The molecule has 0 aromatic heterocycles. The molecule has 1 aromatic carbocycles. The monoisotopic (exact) mass is 281 g/mol. The van der Waals surface area contributed by atoms with Crippen molar-refractivity contribution in [2.24, 2.45) is 0 Å². The van der Waals surface area contributed by atoms with Crippen LogP contribution in [0.25, 0.3) is 0 Å². The fourth-order valence-corrected chi connectivity index (χ4v) is 1.92. The Morgan fingerprint density at radius 2 is 1.90 bits per heavy atom. The van der Waals surface area contributed by atoms with E-state index in [9.17, 15) is 9.90 Å². The summed E-state index contributed by atoms with van der Waals surface area (Å²) in [7, 11) is 0. The number of aliphatic hydroxyl groups excluding tert-OH is 1. The quantitative estimate of drug-likeness (QED) is 0.789. The lowest BCUT2D eigenvalue weighted by Gasteiger charge is -2.20. The van der Waals surface area contributed by atoms with Crippen LogP contribution in [0.1, 0.15) is 26.3 Å². The molecule has 0 atom stereocenters. The molecule has 5 heteroatoms. The SMILES string of the molecule is CCOc1cccc(CO)c1OCC(=O)N(CC)CC. The van der Waals surface area contributed by atoms with Crippen molar-refractivity contribution in [3.8, 4) is 11.5 Å². The zero-order valence-corrected chi connectivity index (χ0v) is 12.4. The molecule has 0 heterocycles. The Labute approximate surface area is 120 Å². The Morgan fingerprint density at radius 3 is 2.45 bits per heavy atom. The lowest BCUT2D eigenvalue weighted by Crippen LogP contribution is -2.34. The number of para-hydroxylation sites is 1. The highest BCUT2D eigenvalue weighted by molar-refractivity contribution is 5.77. The second-order valence-electron chi connectivity index (χ2n) is 4.19. The molecule has 1 rings (SSSR count). The van der Waals surface area contributed by atoms with Gasteiger partial charge in [-0.15, -0.1) is 0 Å². The third-order valence-electron chi connectivity index (χ3n) is 2.99. The molecule has 5 nitrogen and oxygen atoms in total. The molecule has 0 aliphatic rings. The van der Waals surface area contributed by atoms with Crippen LogP contribution in [0, 0.1) is 0 Å². The van der Waals surface area contributed by atoms with Gasteiger partial charge in [-0.05, 0) is 26.8 Å². The van der Waals surface area contributed by atoms with E-state index in [4.69, 9.17) is 9.47 Å². The highest BCUT2D eigenvalue weighted by Gasteiger charge is 2.15. The number of rotatable bonds is 8. The molecular weight excluding hydrogens is 258 g/mol. The average Bonchev–Trinajstić information content (AvgIpc) is 2.47. The second-order valence-corrected chi connectivity index (χ2v) is 4.19. The third-order valence-corrected chi connectivity index (χ3v) is 2.99. The topological polar surface area (TPSA) is 59.0 Å². The van der Waals surface area contributed by atoms with Gasteiger partial charge in [-0.2, -0.15) is 0 Å². The molecule has 1 amide bonds. The van der Waals surface area contributed by atoms with Crippen LogP contribution in [0.5, 0.6) is 11.5 Å². The number of hydrogen-bond donors (Lipinski definition) is 1. The first kappa shape index (κ1) is 16.3. The number of nitrogens with zero attached hydrogens (tertiary/aromatic N) is 1. The van der Waals surface area contributed by atoms with Crippen LogP contribution in [0.3, 0.4) is 0 Å². The van der Waals surface area contributed by atoms with Crippen LogP contribution >= 0.6 is 0 Å². The van der Waals surface area contributed by atoms with Gasteiger partial charge in [-0.1, -0.05) is 12.1 Å². The molecule has 0 aliphatic heterocycles. The van der Waals surface area contributed by atoms with Crippen LogP contribution in [-0.2, 0) is 11.4 Å². The summed E-state index contributed by atoms with van der Waals surface area (Å²) in [6.45, 7) is 7.31. The number of aliphatic hydroxyl groups is 1. The van der Waals surface area contributed by atoms with Gasteiger partial charge in [0, 0.05) is 18.7 Å². The number of carbonyl (C=O) groups is 1. The van der Waals surface area contributed by atoms with Crippen LogP contribution < -0.4 is 9.47 Å². The smallest absolute Gasteiger partial charge is 0.260 e. The molecule has 0 saturated heterocycles. The predicted molar refractivity (Wildman–Crippen MR) is 77.0 cm³/mol. The van der Waals surface area contributed by atoms with Crippen LogP contribution in [0.2, 0.25) is 0 Å². The minimum atomic E-state index is -0.157. The molecule has 1 aromatic rings. The maximum Gasteiger partial charge on any atom is 0.260 e. The lowest BCUT2D eigenvalue weighted by atomic mass is 10.2. The van der Waals surface area contributed by atoms with Crippen molar-refractivity contribution < 1.29 is 19.4 Å². The summed E-state index contributed by atoms with van der Waals surface area (Å²) in [4.78, 5) is 13.6. The van der Waals surface area contributed by atoms with Gasteiger partial charge in [0.15, 0.2) is 18.1 Å². The van der Waals surface area contributed by atoms with Crippen molar-refractivity contribution in [3.63, 3.8) is 0 Å². The van der Waals surface area contributed by atoms with Crippen molar-refractivity contribution in [1.29, 1.82) is 0 Å². The molecule has 0 fully saturated rings. The van der Waals surface area contributed by atoms with Crippen LogP contribution in [0.4, 0.5) is 0 Å². The minimum absolute atomic E-state index is 0.0568. The summed E-state index contributed by atoms with van der Waals surface area (Å²) in [5, 5.41) is 9.35. The maximum atomic E-state index is 11.9. The van der Waals surface area contributed by atoms with E-state index in [2.05, 4.69) is 0 Å². The van der Waals surface area contributed by atoms with Gasteiger partial charge >= 0.3 is 0 Å². The van der Waals surface area contributed by atoms with Gasteiger partial charge in [0.25, 0.3) is 5.91 Å². The van der Waals surface area contributed by atoms with Gasteiger partial charge < -0.3 is 19.5 Å². The largest absolute Gasteiger partial charge is 0.490 e. The molecule has 0 aliphatic carbocycles. The third kappa shape index (κ3) is 4.13. The van der Waals surface area contributed by atoms with Gasteiger partial charge in [0.2, 0.25) is 0 Å². The summed E-state index contributed by atoms with van der Waals surface area (Å²) < 4.78 is 11.0. The van der Waals surface area contributed by atoms with E-state index in [-0.39, 0.29) is 19.1 Å². The maximum absolute atomic E-state index is 11.9. The van der Waals surface area contributed by atoms with Crippen molar-refractivity contribution in [2.75, 3.05) is 26.3 Å². The summed E-state index contributed by atoms with van der Waals surface area (Å²) in [6.07, 6.45) is 0. The van der Waals surface area contributed by atoms with Crippen molar-refractivity contribution in [1.82, 2.24) is 4.90 Å². The highest BCUT2D eigenvalue weighted by atomic mass is 16.5. The number of carbonyl (C=O) groups excluding carboxylic acids is 1. The molecule has 112 valence electrons. The molecule has 0 radical (unpaired) electrons. The predicted octanol–water partition coefficient (Wildman–Crippen LogP) is 1.82. The lowest BCUT2D eigenvalue weighted by molar-refractivity contribution is -0.133. The molecular formula is C15H23NO4. The van der Waals surface area contributed by atoms with E-state index in [1.807, 2.05) is 20.8 Å². The van der Waals surface area contributed by atoms with Gasteiger partial charge in [-0.25, -0.2) is 0 Å². The van der Waals surface area contributed by atoms with E-state index < -0.39 is 0 Å². The zero-order chi connectivity index (χ0) is 15.0. The van der Waals surface area contributed by atoms with Gasteiger partial charge in [-0.3, -0.25) is 4.79 Å². The Hall–Kier alpha value is -1.75. The Balaban J connectivity index is 2.82. The van der Waals surface area contributed by atoms with E-state index in [1.165, 1.54) is 0 Å². The Bertz CT molecular complexity index is 430. The molecule has 0 saturated carbocycles. The first-order chi connectivity index (χ1) is 9.67. The number of benzene rings is 1. The Morgan fingerprint density at radius 1 is 1.20 bits per heavy atom. The number of ether oxygens (including phenoxy) is 2. The first-order valence-corrected chi connectivity index (χ1v) is 6.93. The number of hydrogen-bond acceptors (Lipinski definition) is 4. The molecule has 1 N–H and O–H groups in total.